The van der Waals surface area contributed by atoms with Crippen molar-refractivity contribution in [1.29, 1.82) is 0 Å². The predicted molar refractivity (Wildman–Crippen MR) is 471 cm³/mol. The van der Waals surface area contributed by atoms with Crippen molar-refractivity contribution in [1.82, 2.24) is 19.6 Å². The molecule has 8 aliphatic rings. The first kappa shape index (κ1) is 38.4. The fraction of sp³-hybridized carbons (Fsp3) is 0.708. The van der Waals surface area contributed by atoms with Crippen LogP contribution in [0.5, 0.6) is 46.0 Å². The lowest BCUT2D eigenvalue weighted by molar-refractivity contribution is -0.161. The Bertz CT molecular complexity index is 7010. The summed E-state index contributed by atoms with van der Waals surface area (Å²) in [6, 6.07) is -15.7. The molecule has 4 saturated heterocycles. The van der Waals surface area contributed by atoms with Gasteiger partial charge in [-0.1, -0.05) is 110 Å². The first-order valence-electron chi connectivity index (χ1n) is 72.8. The van der Waals surface area contributed by atoms with E-state index in [9.17, 15) is 28.8 Å². The van der Waals surface area contributed by atoms with Gasteiger partial charge in [-0.05, 0) is 191 Å². The number of rotatable bonds is 28. The van der Waals surface area contributed by atoms with E-state index >= 15 is 0 Å². The number of carbonyl (C=O) groups excluding carboxylic acids is 4. The second-order valence-electron chi connectivity index (χ2n) is 28.4. The molecule has 12 rings (SSSR count). The number of piperidine rings is 4. The third kappa shape index (κ3) is 23.8. The molecule has 0 aliphatic carbocycles. The van der Waals surface area contributed by atoms with E-state index in [0.717, 1.165) is 27.7 Å². The Morgan fingerprint density at radius 2 is 0.642 bits per heavy atom. The summed E-state index contributed by atoms with van der Waals surface area (Å²) < 4.78 is 642. The van der Waals surface area contributed by atoms with E-state index in [0.29, 0.717) is 28.0 Å². The molecule has 16 unspecified atom stereocenters. The molecule has 0 bridgehead atoms. The normalized spacial score (nSPS) is 43.2. The van der Waals surface area contributed by atoms with Crippen LogP contribution in [0.1, 0.15) is 327 Å². The number of nitrogens with two attached hydrogens (primary N) is 4. The van der Waals surface area contributed by atoms with E-state index in [1.165, 1.54) is 87.7 Å². The number of ether oxygens (including phenoxy) is 12. The number of hydrogen-bond donors (Lipinski definition) is 4. The van der Waals surface area contributed by atoms with E-state index in [1.807, 2.05) is 0 Å². The highest BCUT2D eigenvalue weighted by atomic mass is 16.6. The topological polar surface area (TPSA) is 296 Å². The third-order valence-electron chi connectivity index (χ3n) is 20.5. The maximum Gasteiger partial charge on any atom is 0.323 e. The number of nitrogens with zero attached hydrogens (tertiary/aromatic N) is 4. The Morgan fingerprint density at radius 1 is 0.375 bits per heavy atom. The number of fused-ring (bicyclic) bond motifs is 12. The van der Waals surface area contributed by atoms with Crippen LogP contribution in [0.4, 0.5) is 0 Å². The van der Waals surface area contributed by atoms with Crippen LogP contribution < -0.4 is 60.8 Å². The fourth-order valence-electron chi connectivity index (χ4n) is 14.9. The lowest BCUT2D eigenvalue weighted by Gasteiger charge is -2.47. The summed E-state index contributed by atoms with van der Waals surface area (Å²) in [5.74, 6) is -45.9. The van der Waals surface area contributed by atoms with Gasteiger partial charge < -0.3 is 79.8 Å². The van der Waals surface area contributed by atoms with Crippen molar-refractivity contribution in [3.8, 4) is 46.0 Å². The Morgan fingerprint density at radius 3 is 0.933 bits per heavy atom. The average molecular weight is 1750 g/mol. The molecule has 4 aromatic carbocycles. The Hall–Kier alpha value is -7.16. The van der Waals surface area contributed by atoms with E-state index in [1.54, 1.807) is 11.0 Å². The van der Waals surface area contributed by atoms with Crippen LogP contribution in [-0.4, -0.2) is 201 Å². The third-order valence-corrected chi connectivity index (χ3v) is 20.5. The van der Waals surface area contributed by atoms with E-state index in [-0.39, 0.29) is 126 Å². The molecule has 4 fully saturated rings. The molecule has 24 nitrogen and oxygen atoms in total. The summed E-state index contributed by atoms with van der Waals surface area (Å²) in [5.41, 5.74) is 24.6. The standard InChI is InChI=1S/4C24H38N2O4/c4*1-14(2)9-17-13-26-8-7-16-10-21(28-5)22(29-6)11-18(16)19(26)12-20(17)30-24(27)23(25)15(3)4/h4*10-11,14-15,17,19-20,23H,7-9,12-13,25H2,1-6H3/t4*17?,19?,20?,23-/m0000/s1/i1D3,3D3,4D3,9D2,10D,11D,14D,15D,20D,23D;2*1D3,3D3,4D3,5D3,9D2,14D,15D,19D,20D,23D;1D3,3D3,4D3,9D2,14D,15D,19D,20D,23D/t4*14?,17?,19?,20?,23-. The summed E-state index contributed by atoms with van der Waals surface area (Å²) in [5, 5.41) is 0. The van der Waals surface area contributed by atoms with Crippen LogP contribution in [0.3, 0.4) is 0 Å². The highest BCUT2D eigenvalue weighted by Crippen LogP contribution is 2.50. The monoisotopic (exact) mass is 1740 g/mol. The second kappa shape index (κ2) is 43.9. The largest absolute Gasteiger partial charge is 0.493 e. The molecule has 672 valence electrons. The minimum atomic E-state index is -4.07. The maximum atomic E-state index is 13.7. The number of carbonyl (C=O) groups is 4. The molecular weight excluding hydrogens is 1520 g/mol. The first-order chi connectivity index (χ1) is 84.4. The van der Waals surface area contributed by atoms with Crippen LogP contribution >= 0.6 is 0 Å². The van der Waals surface area contributed by atoms with Crippen LogP contribution in [0.15, 0.2) is 48.5 Å². The second-order valence-corrected chi connectivity index (χ2v) is 28.4. The van der Waals surface area contributed by atoms with Crippen LogP contribution in [0, 0.1) is 70.8 Å². The summed E-state index contributed by atoms with van der Waals surface area (Å²) in [6.45, 7) is -44.3. The van der Waals surface area contributed by atoms with Gasteiger partial charge in [0.25, 0.3) is 0 Å². The number of methoxy groups -OCH3 is 8. The van der Waals surface area contributed by atoms with Gasteiger partial charge in [-0.25, -0.2) is 0 Å². The van der Waals surface area contributed by atoms with Crippen molar-refractivity contribution in [3.63, 3.8) is 0 Å². The molecular formula is C96H152N8O16. The smallest absolute Gasteiger partial charge is 0.323 e. The molecule has 8 heterocycles. The zero-order chi connectivity index (χ0) is 149. The fourth-order valence-corrected chi connectivity index (χ4v) is 14.9. The molecule has 0 aromatic heterocycles. The molecule has 120 heavy (non-hydrogen) atoms. The highest BCUT2D eigenvalue weighted by molar-refractivity contribution is 5.77. The van der Waals surface area contributed by atoms with Crippen molar-refractivity contribution in [2.24, 2.45) is 93.8 Å². The Kier molecular flexibility index (Phi) is 14.0. The predicted octanol–water partition coefficient (Wildman–Crippen LogP) is 14.3. The van der Waals surface area contributed by atoms with Crippen molar-refractivity contribution in [2.45, 2.75) is 259 Å². The summed E-state index contributed by atoms with van der Waals surface area (Å²) >= 11 is 0. The van der Waals surface area contributed by atoms with Crippen molar-refractivity contribution >= 4 is 23.9 Å². The molecule has 0 radical (unpaired) electrons. The number of esters is 4. The molecule has 0 spiro atoms. The molecule has 0 saturated carbocycles. The number of benzene rings is 4. The van der Waals surface area contributed by atoms with E-state index in [4.69, 9.17) is 168 Å². The van der Waals surface area contributed by atoms with Gasteiger partial charge in [-0.2, -0.15) is 0 Å². The average Bonchev–Trinajstić information content (AvgIpc) is 0.696. The molecule has 8 N–H and O–H groups in total. The minimum Gasteiger partial charge on any atom is -0.493 e. The maximum absolute atomic E-state index is 13.7. The van der Waals surface area contributed by atoms with Gasteiger partial charge in [0, 0.05) is 197 Å². The highest BCUT2D eigenvalue weighted by Gasteiger charge is 2.47. The molecule has 8 aliphatic heterocycles. The van der Waals surface area contributed by atoms with Gasteiger partial charge in [0.15, 0.2) is 46.0 Å². The molecule has 0 amide bonds. The number of hydrogen-bond acceptors (Lipinski definition) is 24. The van der Waals surface area contributed by atoms with Gasteiger partial charge in [-0.15, -0.1) is 0 Å². The molecule has 24 heteroatoms. The zero-order valence-corrected chi connectivity index (χ0v) is 67.8. The van der Waals surface area contributed by atoms with Crippen molar-refractivity contribution < 1.29 is 173 Å². The van der Waals surface area contributed by atoms with Gasteiger partial charge in [0.2, 0.25) is 0 Å². The van der Waals surface area contributed by atoms with E-state index < -0.39 is 341 Å². The minimum absolute atomic E-state index is 0.0364. The van der Waals surface area contributed by atoms with Crippen LogP contribution in [-0.2, 0) is 63.8 Å². The van der Waals surface area contributed by atoms with E-state index in [2.05, 4.69) is 0 Å². The van der Waals surface area contributed by atoms with Crippen LogP contribution in [0.2, 0.25) is 0 Å². The van der Waals surface area contributed by atoms with Crippen molar-refractivity contribution in [2.75, 3.05) is 109 Å². The Balaban J connectivity index is 0.000000277. The van der Waals surface area contributed by atoms with Gasteiger partial charge >= 0.3 is 23.9 Å². The summed E-state index contributed by atoms with van der Waals surface area (Å²) in [6.07, 6.45) is -28.7. The molecule has 20 atom stereocenters. The quantitative estimate of drug-likeness (QED) is 0.0303. The van der Waals surface area contributed by atoms with Crippen molar-refractivity contribution in [3.05, 3.63) is 93.0 Å². The summed E-state index contributed by atoms with van der Waals surface area (Å²) in [7, 11) is 1.78. The lowest BCUT2D eigenvalue weighted by Crippen LogP contribution is -2.51. The van der Waals surface area contributed by atoms with Crippen LogP contribution in [0.25, 0.3) is 0 Å². The summed E-state index contributed by atoms with van der Waals surface area (Å²) in [4.78, 5) is 60.2. The van der Waals surface area contributed by atoms with Gasteiger partial charge in [0.1, 0.15) is 48.4 Å². The SMILES string of the molecule is [2H]C([2H])([2H])Oc1cc2c(cc1OC)C1([2H])CC([2H])(OC(=O)[C@@]([2H])(N)C([2H])(C([2H])([2H])[2H])C([2H])([2H])[2H])C(C([2H])([2H])C([2H])(C)C([2H])([2H])[2H])CN1CC2.[2H]C([2H])([2H])Oc1cc2c(cc1OC)C1([2H])CC([2H])(OC(=O)[C@@]([2H])(N)C([2H])(C([2H])([2H])[2H])C([2H])([2H])[2H])C(C([2H])([2H])C([2H])(C)C([2H])([2H])[2H])CN1CC2.[2H]C1(OC(=O)[C@@]([2H])(N)C([2H])(C([2H])([2H])[2H])C([2H])([2H])[2H])CC2([2H])c3cc(OC)c(OC)cc3CCN2CC1C([2H])([2H])C([2H])(C)C([2H])([2H])[2H].[2H]c1c2c(c([2H])c(OC)c1OC)C1CC([2H])(OC(=O)[C@@]([2H])(N)C([2H])(C([2H])([2H])[2H])C([2H])([2H])[2H])C(C([2H])([2H])C([2H])(C)C([2H])([2H])[2H])CN1CC2. The lowest BCUT2D eigenvalue weighted by atomic mass is 9.79. The molecule has 4 aromatic rings. The Labute approximate surface area is 818 Å². The zero-order valence-electron chi connectivity index (χ0n) is 139. The van der Waals surface area contributed by atoms with Gasteiger partial charge in [0.05, 0.1) is 82.8 Å². The first-order valence-corrected chi connectivity index (χ1v) is 37.3. The van der Waals surface area contributed by atoms with Gasteiger partial charge in [-0.3, -0.25) is 38.8 Å².